The molecule has 5 heteroatoms. The third kappa shape index (κ3) is 3.70. The van der Waals surface area contributed by atoms with Crippen molar-refractivity contribution >= 4 is 23.5 Å². The van der Waals surface area contributed by atoms with Crippen LogP contribution >= 0.6 is 11.6 Å². The maximum absolute atomic E-state index is 12.0. The molecular weight excluding hydrogens is 266 g/mol. The topological polar surface area (TPSA) is 57.6 Å². The first-order valence-corrected chi connectivity index (χ1v) is 6.69. The molecule has 1 unspecified atom stereocenters. The first-order chi connectivity index (χ1) is 9.06. The zero-order valence-electron chi connectivity index (χ0n) is 10.5. The summed E-state index contributed by atoms with van der Waals surface area (Å²) in [4.78, 5) is 24.4. The standard InChI is InChI=1S/C14H16ClNO3/c15-12-3-1-2-10(8-12)4-5-13(17)16-7-6-11(9-16)14(18)19/h1-3,8,11H,4-7,9H2,(H,18,19). The minimum absolute atomic E-state index is 0.0173. The van der Waals surface area contributed by atoms with Gasteiger partial charge in [0.2, 0.25) is 5.91 Å². The van der Waals surface area contributed by atoms with Gasteiger partial charge in [-0.25, -0.2) is 0 Å². The van der Waals surface area contributed by atoms with E-state index in [9.17, 15) is 9.59 Å². The van der Waals surface area contributed by atoms with Crippen molar-refractivity contribution in [1.82, 2.24) is 4.90 Å². The lowest BCUT2D eigenvalue weighted by Crippen LogP contribution is -2.30. The van der Waals surface area contributed by atoms with Crippen molar-refractivity contribution in [2.45, 2.75) is 19.3 Å². The summed E-state index contributed by atoms with van der Waals surface area (Å²) in [7, 11) is 0. The van der Waals surface area contributed by atoms with Crippen molar-refractivity contribution in [2.24, 2.45) is 5.92 Å². The van der Waals surface area contributed by atoms with Gasteiger partial charge in [-0.15, -0.1) is 0 Å². The van der Waals surface area contributed by atoms with E-state index in [0.29, 0.717) is 37.4 Å². The molecule has 1 aliphatic rings. The van der Waals surface area contributed by atoms with Crippen molar-refractivity contribution in [3.63, 3.8) is 0 Å². The summed E-state index contributed by atoms with van der Waals surface area (Å²) in [6, 6.07) is 7.44. The molecule has 1 N–H and O–H groups in total. The summed E-state index contributed by atoms with van der Waals surface area (Å²) >= 11 is 5.88. The van der Waals surface area contributed by atoms with Gasteiger partial charge in [0.05, 0.1) is 5.92 Å². The van der Waals surface area contributed by atoms with E-state index in [1.165, 1.54) is 0 Å². The van der Waals surface area contributed by atoms with E-state index in [0.717, 1.165) is 5.56 Å². The van der Waals surface area contributed by atoms with Crippen LogP contribution in [0.3, 0.4) is 0 Å². The van der Waals surface area contributed by atoms with E-state index in [1.54, 1.807) is 11.0 Å². The highest BCUT2D eigenvalue weighted by molar-refractivity contribution is 6.30. The predicted molar refractivity (Wildman–Crippen MR) is 72.1 cm³/mol. The Labute approximate surface area is 117 Å². The lowest BCUT2D eigenvalue weighted by Gasteiger charge is -2.15. The highest BCUT2D eigenvalue weighted by Crippen LogP contribution is 2.18. The van der Waals surface area contributed by atoms with Crippen LogP contribution in [0, 0.1) is 5.92 Å². The molecule has 0 radical (unpaired) electrons. The summed E-state index contributed by atoms with van der Waals surface area (Å²) in [5.74, 6) is -1.20. The molecule has 4 nitrogen and oxygen atoms in total. The van der Waals surface area contributed by atoms with Crippen LogP contribution in [0.2, 0.25) is 5.02 Å². The number of halogens is 1. The SMILES string of the molecule is O=C(O)C1CCN(C(=O)CCc2cccc(Cl)c2)C1. The van der Waals surface area contributed by atoms with Crippen LogP contribution in [0.5, 0.6) is 0 Å². The normalized spacial score (nSPS) is 18.6. The third-order valence-corrected chi connectivity index (χ3v) is 3.64. The Morgan fingerprint density at radius 2 is 2.21 bits per heavy atom. The van der Waals surface area contributed by atoms with Crippen LogP contribution in [0.4, 0.5) is 0 Å². The second-order valence-electron chi connectivity index (χ2n) is 4.79. The van der Waals surface area contributed by atoms with Crippen LogP contribution < -0.4 is 0 Å². The smallest absolute Gasteiger partial charge is 0.308 e. The molecule has 1 atom stereocenters. The fourth-order valence-electron chi connectivity index (χ4n) is 2.29. The van der Waals surface area contributed by atoms with Gasteiger partial charge in [0.1, 0.15) is 0 Å². The van der Waals surface area contributed by atoms with Gasteiger partial charge in [0.15, 0.2) is 0 Å². The number of carbonyl (C=O) groups excluding carboxylic acids is 1. The summed E-state index contributed by atoms with van der Waals surface area (Å²) < 4.78 is 0. The molecule has 0 bridgehead atoms. The number of hydrogen-bond acceptors (Lipinski definition) is 2. The number of nitrogens with zero attached hydrogens (tertiary/aromatic N) is 1. The molecule has 2 rings (SSSR count). The molecule has 1 aromatic rings. The Morgan fingerprint density at radius 3 is 2.84 bits per heavy atom. The second kappa shape index (κ2) is 6.06. The number of amides is 1. The highest BCUT2D eigenvalue weighted by Gasteiger charge is 2.30. The van der Waals surface area contributed by atoms with E-state index in [4.69, 9.17) is 16.7 Å². The summed E-state index contributed by atoms with van der Waals surface area (Å²) in [5, 5.41) is 9.56. The van der Waals surface area contributed by atoms with Crippen molar-refractivity contribution in [2.75, 3.05) is 13.1 Å². The Balaban J connectivity index is 1.84. The van der Waals surface area contributed by atoms with E-state index < -0.39 is 11.9 Å². The molecular formula is C14H16ClNO3. The molecule has 1 aliphatic heterocycles. The van der Waals surface area contributed by atoms with Crippen LogP contribution in [0.25, 0.3) is 0 Å². The number of carboxylic acid groups (broad SMARTS) is 1. The minimum Gasteiger partial charge on any atom is -0.481 e. The summed E-state index contributed by atoms with van der Waals surface area (Å²) in [5.41, 5.74) is 1.02. The number of carboxylic acids is 1. The van der Waals surface area contributed by atoms with Gasteiger partial charge in [-0.1, -0.05) is 23.7 Å². The lowest BCUT2D eigenvalue weighted by atomic mass is 10.1. The maximum Gasteiger partial charge on any atom is 0.308 e. The largest absolute Gasteiger partial charge is 0.481 e. The van der Waals surface area contributed by atoms with E-state index in [1.807, 2.05) is 18.2 Å². The quantitative estimate of drug-likeness (QED) is 0.920. The van der Waals surface area contributed by atoms with Crippen molar-refractivity contribution in [3.8, 4) is 0 Å². The summed E-state index contributed by atoms with van der Waals surface area (Å²) in [6.45, 7) is 0.884. The number of rotatable bonds is 4. The van der Waals surface area contributed by atoms with Gasteiger partial charge in [-0.2, -0.15) is 0 Å². The lowest BCUT2D eigenvalue weighted by molar-refractivity contribution is -0.141. The van der Waals surface area contributed by atoms with Gasteiger partial charge in [0, 0.05) is 24.5 Å². The van der Waals surface area contributed by atoms with Gasteiger partial charge in [-0.3, -0.25) is 9.59 Å². The third-order valence-electron chi connectivity index (χ3n) is 3.41. The molecule has 0 saturated carbocycles. The molecule has 19 heavy (non-hydrogen) atoms. The Hall–Kier alpha value is -1.55. The molecule has 1 saturated heterocycles. The first-order valence-electron chi connectivity index (χ1n) is 6.31. The second-order valence-corrected chi connectivity index (χ2v) is 5.23. The Bertz CT molecular complexity index is 489. The van der Waals surface area contributed by atoms with Crippen molar-refractivity contribution < 1.29 is 14.7 Å². The number of carbonyl (C=O) groups is 2. The van der Waals surface area contributed by atoms with E-state index in [2.05, 4.69) is 0 Å². The average molecular weight is 282 g/mol. The monoisotopic (exact) mass is 281 g/mol. The van der Waals surface area contributed by atoms with E-state index >= 15 is 0 Å². The van der Waals surface area contributed by atoms with Crippen LogP contribution in [-0.2, 0) is 16.0 Å². The molecule has 1 aromatic carbocycles. The average Bonchev–Trinajstić information content (AvgIpc) is 2.86. The number of aryl methyl sites for hydroxylation is 1. The van der Waals surface area contributed by atoms with Crippen LogP contribution in [0.15, 0.2) is 24.3 Å². The number of aliphatic carboxylic acids is 1. The first kappa shape index (κ1) is 13.9. The molecule has 0 aromatic heterocycles. The Kier molecular flexibility index (Phi) is 4.43. The minimum atomic E-state index is -0.815. The fourth-order valence-corrected chi connectivity index (χ4v) is 2.50. The fraction of sp³-hybridized carbons (Fsp3) is 0.429. The van der Waals surface area contributed by atoms with Crippen molar-refractivity contribution in [3.05, 3.63) is 34.9 Å². The van der Waals surface area contributed by atoms with Gasteiger partial charge in [-0.05, 0) is 30.5 Å². The number of benzene rings is 1. The molecule has 0 aliphatic carbocycles. The molecule has 1 amide bonds. The number of likely N-dealkylation sites (tertiary alicyclic amines) is 1. The van der Waals surface area contributed by atoms with Crippen LogP contribution in [-0.4, -0.2) is 35.0 Å². The summed E-state index contributed by atoms with van der Waals surface area (Å²) in [6.07, 6.45) is 1.58. The Morgan fingerprint density at radius 1 is 1.42 bits per heavy atom. The highest BCUT2D eigenvalue weighted by atomic mass is 35.5. The van der Waals surface area contributed by atoms with Gasteiger partial charge in [0.25, 0.3) is 0 Å². The number of hydrogen-bond donors (Lipinski definition) is 1. The predicted octanol–water partition coefficient (Wildman–Crippen LogP) is 2.21. The van der Waals surface area contributed by atoms with Crippen molar-refractivity contribution in [1.29, 1.82) is 0 Å². The van der Waals surface area contributed by atoms with Crippen LogP contribution in [0.1, 0.15) is 18.4 Å². The molecule has 1 fully saturated rings. The zero-order chi connectivity index (χ0) is 13.8. The van der Waals surface area contributed by atoms with Gasteiger partial charge >= 0.3 is 5.97 Å². The zero-order valence-corrected chi connectivity index (χ0v) is 11.3. The molecule has 102 valence electrons. The van der Waals surface area contributed by atoms with E-state index in [-0.39, 0.29) is 5.91 Å². The molecule has 0 spiro atoms. The molecule has 1 heterocycles. The van der Waals surface area contributed by atoms with Gasteiger partial charge < -0.3 is 10.0 Å². The maximum atomic E-state index is 12.0.